The molecule has 0 spiro atoms. The van der Waals surface area contributed by atoms with Gasteiger partial charge in [0.2, 0.25) is 5.91 Å². The SMILES string of the molecule is Cc1cccc(CN2C(=O)/C(=C/c3ccccc3)SC3CCC(C(=O)N4CCN(c5ccc(F)cc5)CC4)CC32)c1. The molecule has 0 N–H and O–H groups in total. The van der Waals surface area contributed by atoms with Gasteiger partial charge in [-0.25, -0.2) is 4.39 Å². The topological polar surface area (TPSA) is 43.9 Å². The molecule has 3 fully saturated rings. The summed E-state index contributed by atoms with van der Waals surface area (Å²) < 4.78 is 13.4. The van der Waals surface area contributed by atoms with E-state index in [9.17, 15) is 14.0 Å². The molecule has 3 aromatic carbocycles. The van der Waals surface area contributed by atoms with E-state index in [-0.39, 0.29) is 34.8 Å². The van der Waals surface area contributed by atoms with Gasteiger partial charge in [-0.05, 0) is 67.7 Å². The number of thioether (sulfide) groups is 1. The second-order valence-electron chi connectivity index (χ2n) is 11.4. The molecule has 6 rings (SSSR count). The summed E-state index contributed by atoms with van der Waals surface area (Å²) in [4.78, 5) is 34.7. The smallest absolute Gasteiger partial charge is 0.260 e. The molecule has 0 aromatic heterocycles. The molecule has 3 unspecified atom stereocenters. The highest BCUT2D eigenvalue weighted by atomic mass is 32.2. The van der Waals surface area contributed by atoms with Crippen LogP contribution in [0.3, 0.4) is 0 Å². The maximum atomic E-state index is 14.0. The molecule has 3 atom stereocenters. The highest BCUT2D eigenvalue weighted by molar-refractivity contribution is 8.04. The first kappa shape index (κ1) is 27.6. The number of halogens is 1. The molecule has 2 heterocycles. The van der Waals surface area contributed by atoms with Crippen LogP contribution in [0, 0.1) is 18.7 Å². The Labute approximate surface area is 246 Å². The van der Waals surface area contributed by atoms with Gasteiger partial charge in [-0.2, -0.15) is 0 Å². The normalized spacial score (nSPS) is 24.0. The van der Waals surface area contributed by atoms with E-state index in [2.05, 4.69) is 30.0 Å². The minimum Gasteiger partial charge on any atom is -0.368 e. The summed E-state index contributed by atoms with van der Waals surface area (Å²) in [6, 6.07) is 25.0. The molecular weight excluding hydrogens is 533 g/mol. The van der Waals surface area contributed by atoms with Crippen molar-refractivity contribution in [3.63, 3.8) is 0 Å². The first-order chi connectivity index (χ1) is 19.9. The Morgan fingerprint density at radius 1 is 0.951 bits per heavy atom. The Hall–Kier alpha value is -3.58. The minimum atomic E-state index is -0.239. The van der Waals surface area contributed by atoms with Gasteiger partial charge in [0, 0.05) is 55.6 Å². The van der Waals surface area contributed by atoms with E-state index in [1.165, 1.54) is 17.7 Å². The van der Waals surface area contributed by atoms with Crippen LogP contribution in [0.4, 0.5) is 10.1 Å². The standard InChI is InChI=1S/C34H36FN3O2S/c1-24-6-5-9-26(20-24)23-38-30-22-27(10-15-31(30)41-32(34(38)40)21-25-7-3-2-4-8-25)33(39)37-18-16-36(17-19-37)29-13-11-28(35)12-14-29/h2-9,11-14,20-21,27,30-31H,10,15-19,22-23H2,1H3/b32-21-. The van der Waals surface area contributed by atoms with E-state index < -0.39 is 0 Å². The monoisotopic (exact) mass is 569 g/mol. The van der Waals surface area contributed by atoms with Crippen LogP contribution >= 0.6 is 11.8 Å². The zero-order chi connectivity index (χ0) is 28.3. The van der Waals surface area contributed by atoms with Crippen molar-refractivity contribution in [2.75, 3.05) is 31.1 Å². The van der Waals surface area contributed by atoms with E-state index in [4.69, 9.17) is 0 Å². The van der Waals surface area contributed by atoms with Crippen molar-refractivity contribution in [2.45, 2.75) is 44.0 Å². The fraction of sp³-hybridized carbons (Fsp3) is 0.353. The van der Waals surface area contributed by atoms with Crippen molar-refractivity contribution in [2.24, 2.45) is 5.92 Å². The highest BCUT2D eigenvalue weighted by Gasteiger charge is 2.45. The van der Waals surface area contributed by atoms with Crippen LogP contribution < -0.4 is 4.90 Å². The average Bonchev–Trinajstić information content (AvgIpc) is 3.00. The van der Waals surface area contributed by atoms with Gasteiger partial charge in [-0.1, -0.05) is 60.2 Å². The number of rotatable bonds is 5. The second kappa shape index (κ2) is 12.1. The van der Waals surface area contributed by atoms with Crippen LogP contribution in [0.25, 0.3) is 6.08 Å². The molecule has 41 heavy (non-hydrogen) atoms. The van der Waals surface area contributed by atoms with Crippen LogP contribution in [-0.2, 0) is 16.1 Å². The van der Waals surface area contributed by atoms with E-state index in [0.717, 1.165) is 47.7 Å². The van der Waals surface area contributed by atoms with Gasteiger partial charge in [-0.3, -0.25) is 9.59 Å². The lowest BCUT2D eigenvalue weighted by Gasteiger charge is -2.47. The summed E-state index contributed by atoms with van der Waals surface area (Å²) in [5.41, 5.74) is 4.31. The zero-order valence-corrected chi connectivity index (χ0v) is 24.2. The molecule has 7 heteroatoms. The van der Waals surface area contributed by atoms with Crippen molar-refractivity contribution in [3.8, 4) is 0 Å². The predicted molar refractivity (Wildman–Crippen MR) is 164 cm³/mol. The number of carbonyl (C=O) groups excluding carboxylic acids is 2. The Morgan fingerprint density at radius 2 is 1.71 bits per heavy atom. The van der Waals surface area contributed by atoms with Crippen molar-refractivity contribution >= 4 is 35.3 Å². The van der Waals surface area contributed by atoms with Crippen molar-refractivity contribution in [1.82, 2.24) is 9.80 Å². The molecule has 212 valence electrons. The number of nitrogens with zero attached hydrogens (tertiary/aromatic N) is 3. The van der Waals surface area contributed by atoms with Gasteiger partial charge in [0.05, 0.1) is 4.91 Å². The molecule has 3 aromatic rings. The van der Waals surface area contributed by atoms with Gasteiger partial charge < -0.3 is 14.7 Å². The number of aryl methyl sites for hydroxylation is 1. The first-order valence-corrected chi connectivity index (χ1v) is 15.4. The number of amides is 2. The molecule has 1 saturated carbocycles. The number of fused-ring (bicyclic) bond motifs is 1. The van der Waals surface area contributed by atoms with Crippen molar-refractivity contribution < 1.29 is 14.0 Å². The maximum absolute atomic E-state index is 14.0. The zero-order valence-electron chi connectivity index (χ0n) is 23.4. The molecule has 3 aliphatic rings. The number of anilines is 1. The fourth-order valence-corrected chi connectivity index (χ4v) is 7.82. The second-order valence-corrected chi connectivity index (χ2v) is 12.6. The molecule has 0 radical (unpaired) electrons. The van der Waals surface area contributed by atoms with E-state index >= 15 is 0 Å². The molecule has 5 nitrogen and oxygen atoms in total. The van der Waals surface area contributed by atoms with Crippen LogP contribution in [0.15, 0.2) is 83.8 Å². The number of benzene rings is 3. The first-order valence-electron chi connectivity index (χ1n) is 14.5. The van der Waals surface area contributed by atoms with Crippen LogP contribution in [0.5, 0.6) is 0 Å². The lowest BCUT2D eigenvalue weighted by molar-refractivity contribution is -0.140. The Kier molecular flexibility index (Phi) is 8.15. The van der Waals surface area contributed by atoms with Gasteiger partial charge in [0.1, 0.15) is 5.82 Å². The summed E-state index contributed by atoms with van der Waals surface area (Å²) in [6.45, 7) is 5.41. The van der Waals surface area contributed by atoms with Gasteiger partial charge in [0.25, 0.3) is 5.91 Å². The summed E-state index contributed by atoms with van der Waals surface area (Å²) >= 11 is 1.70. The molecule has 2 aliphatic heterocycles. The summed E-state index contributed by atoms with van der Waals surface area (Å²) in [5, 5.41) is 0.270. The van der Waals surface area contributed by atoms with Crippen LogP contribution in [-0.4, -0.2) is 59.1 Å². The van der Waals surface area contributed by atoms with E-state index in [0.29, 0.717) is 26.1 Å². The van der Waals surface area contributed by atoms with Crippen molar-refractivity contribution in [3.05, 3.63) is 106 Å². The number of carbonyl (C=O) groups is 2. The summed E-state index contributed by atoms with van der Waals surface area (Å²) in [5.74, 6) is -0.0540. The van der Waals surface area contributed by atoms with Crippen LogP contribution in [0.2, 0.25) is 0 Å². The van der Waals surface area contributed by atoms with E-state index in [1.54, 1.807) is 23.9 Å². The minimum absolute atomic E-state index is 0.0177. The Morgan fingerprint density at radius 3 is 2.44 bits per heavy atom. The van der Waals surface area contributed by atoms with E-state index in [1.807, 2.05) is 52.3 Å². The fourth-order valence-electron chi connectivity index (χ4n) is 6.40. The van der Waals surface area contributed by atoms with Gasteiger partial charge in [-0.15, -0.1) is 11.8 Å². The Bertz CT molecular complexity index is 1420. The number of hydrogen-bond donors (Lipinski definition) is 0. The maximum Gasteiger partial charge on any atom is 0.260 e. The highest BCUT2D eigenvalue weighted by Crippen LogP contribution is 2.44. The molecule has 2 amide bonds. The quantitative estimate of drug-likeness (QED) is 0.347. The lowest BCUT2D eigenvalue weighted by Crippen LogP contribution is -2.55. The third-order valence-corrected chi connectivity index (χ3v) is 9.97. The average molecular weight is 570 g/mol. The third kappa shape index (κ3) is 6.20. The molecule has 1 aliphatic carbocycles. The van der Waals surface area contributed by atoms with Gasteiger partial charge >= 0.3 is 0 Å². The molecule has 2 saturated heterocycles. The molecule has 0 bridgehead atoms. The van der Waals surface area contributed by atoms with Crippen molar-refractivity contribution in [1.29, 1.82) is 0 Å². The number of hydrogen-bond acceptors (Lipinski definition) is 4. The largest absolute Gasteiger partial charge is 0.368 e. The Balaban J connectivity index is 1.17. The summed E-state index contributed by atoms with van der Waals surface area (Å²) in [7, 11) is 0. The molecular formula is C34H36FN3O2S. The predicted octanol–water partition coefficient (Wildman–Crippen LogP) is 6.14. The van der Waals surface area contributed by atoms with Gasteiger partial charge in [0.15, 0.2) is 0 Å². The lowest BCUT2D eigenvalue weighted by atomic mass is 9.83. The number of piperazine rings is 1. The summed E-state index contributed by atoms with van der Waals surface area (Å²) in [6.07, 6.45) is 4.47. The van der Waals surface area contributed by atoms with Crippen LogP contribution in [0.1, 0.15) is 36.0 Å². The third-order valence-electron chi connectivity index (χ3n) is 8.57.